The summed E-state index contributed by atoms with van der Waals surface area (Å²) < 4.78 is 17.7. The molecule has 1 heterocycles. The van der Waals surface area contributed by atoms with Gasteiger partial charge in [0.1, 0.15) is 6.23 Å². The minimum Gasteiger partial charge on any atom is -0.314 e. The van der Waals surface area contributed by atoms with Crippen LogP contribution in [0.3, 0.4) is 0 Å². The average Bonchev–Trinajstić information content (AvgIpc) is 2.71. The van der Waals surface area contributed by atoms with Crippen LogP contribution in [0, 0.1) is 0 Å². The normalized spacial score (nSPS) is 13.9. The van der Waals surface area contributed by atoms with E-state index in [1.54, 1.807) is 11.5 Å². The molecule has 3 aromatic rings. The molecule has 2 N–H and O–H groups in total. The van der Waals surface area contributed by atoms with Gasteiger partial charge in [-0.1, -0.05) is 36.4 Å². The minimum atomic E-state index is -4.54. The Kier molecular flexibility index (Phi) is 3.15. The van der Waals surface area contributed by atoms with Gasteiger partial charge in [0.2, 0.25) is 0 Å². The van der Waals surface area contributed by atoms with Gasteiger partial charge in [0.15, 0.2) is 0 Å². The lowest BCUT2D eigenvalue weighted by Gasteiger charge is -2.17. The predicted octanol–water partition coefficient (Wildman–Crippen LogP) is 3.42. The molecule has 0 saturated heterocycles. The fourth-order valence-electron chi connectivity index (χ4n) is 2.59. The molecule has 0 fully saturated rings. The van der Waals surface area contributed by atoms with E-state index in [0.29, 0.717) is 0 Å². The first-order chi connectivity index (χ1) is 9.47. The monoisotopic (exact) mass is 291 g/mol. The van der Waals surface area contributed by atoms with Crippen molar-refractivity contribution in [2.75, 3.05) is 0 Å². The zero-order chi connectivity index (χ0) is 14.3. The van der Waals surface area contributed by atoms with Gasteiger partial charge in [-0.2, -0.15) is 0 Å². The maximum atomic E-state index is 11.1. The molecule has 0 spiro atoms. The molecule has 0 aliphatic heterocycles. The second-order valence-corrected chi connectivity index (χ2v) is 5.79. The molecule has 1 aromatic heterocycles. The first-order valence-electron chi connectivity index (χ1n) is 6.19. The van der Waals surface area contributed by atoms with Crippen LogP contribution in [0.2, 0.25) is 0 Å². The Morgan fingerprint density at radius 3 is 1.90 bits per heavy atom. The van der Waals surface area contributed by atoms with Crippen LogP contribution in [0.15, 0.2) is 48.5 Å². The zero-order valence-corrected chi connectivity index (χ0v) is 11.7. The van der Waals surface area contributed by atoms with Crippen LogP contribution in [-0.4, -0.2) is 14.4 Å². The average molecular weight is 291 g/mol. The number of para-hydroxylation sites is 2. The molecule has 104 valence electrons. The number of rotatable bonds is 3. The minimum absolute atomic E-state index is 0.763. The van der Waals surface area contributed by atoms with Gasteiger partial charge < -0.3 is 14.4 Å². The van der Waals surface area contributed by atoms with E-state index in [-0.39, 0.29) is 0 Å². The molecule has 3 rings (SSSR count). The van der Waals surface area contributed by atoms with Crippen molar-refractivity contribution in [1.82, 2.24) is 4.57 Å². The number of phosphoric acid groups is 1. The van der Waals surface area contributed by atoms with Crippen molar-refractivity contribution in [3.05, 3.63) is 48.5 Å². The van der Waals surface area contributed by atoms with Crippen molar-refractivity contribution in [2.45, 2.75) is 13.2 Å². The molecule has 0 amide bonds. The zero-order valence-electron chi connectivity index (χ0n) is 10.8. The van der Waals surface area contributed by atoms with Crippen molar-refractivity contribution >= 4 is 29.6 Å². The van der Waals surface area contributed by atoms with Gasteiger partial charge in [0, 0.05) is 10.8 Å². The molecule has 0 saturated carbocycles. The highest BCUT2D eigenvalue weighted by molar-refractivity contribution is 7.46. The van der Waals surface area contributed by atoms with Gasteiger partial charge in [0.05, 0.1) is 11.0 Å². The van der Waals surface area contributed by atoms with Crippen molar-refractivity contribution in [3.8, 4) is 0 Å². The van der Waals surface area contributed by atoms with Crippen LogP contribution in [0.1, 0.15) is 13.2 Å². The summed E-state index contributed by atoms with van der Waals surface area (Å²) in [5.41, 5.74) is 1.77. The van der Waals surface area contributed by atoms with Crippen LogP contribution in [0.4, 0.5) is 0 Å². The van der Waals surface area contributed by atoms with Crippen molar-refractivity contribution < 1.29 is 18.9 Å². The summed E-state index contributed by atoms with van der Waals surface area (Å²) in [4.78, 5) is 18.0. The standard InChI is InChI=1S/C14H14NO4P/c1-10(19-20(16,17)18)15-13-8-4-2-6-11(13)12-7-3-5-9-14(12)15/h2-10H,1H3,(H2,16,17,18). The lowest BCUT2D eigenvalue weighted by Crippen LogP contribution is -2.07. The number of phosphoric ester groups is 1. The largest absolute Gasteiger partial charge is 0.471 e. The van der Waals surface area contributed by atoms with Crippen LogP contribution >= 0.6 is 7.82 Å². The number of benzene rings is 2. The van der Waals surface area contributed by atoms with Crippen molar-refractivity contribution in [2.24, 2.45) is 0 Å². The molecule has 0 aliphatic rings. The highest BCUT2D eigenvalue weighted by atomic mass is 31.2. The Bertz CT molecular complexity index is 767. The van der Waals surface area contributed by atoms with Crippen LogP contribution in [0.25, 0.3) is 21.8 Å². The summed E-state index contributed by atoms with van der Waals surface area (Å²) in [6.07, 6.45) is -0.763. The molecule has 1 unspecified atom stereocenters. The van der Waals surface area contributed by atoms with Crippen LogP contribution < -0.4 is 0 Å². The number of aromatic nitrogens is 1. The van der Waals surface area contributed by atoms with Gasteiger partial charge in [-0.15, -0.1) is 0 Å². The van der Waals surface area contributed by atoms with Gasteiger partial charge in [-0.3, -0.25) is 4.52 Å². The molecular weight excluding hydrogens is 277 g/mol. The summed E-state index contributed by atoms with van der Waals surface area (Å²) in [6.45, 7) is 1.62. The van der Waals surface area contributed by atoms with E-state index >= 15 is 0 Å². The smallest absolute Gasteiger partial charge is 0.314 e. The molecular formula is C14H14NO4P. The summed E-state index contributed by atoms with van der Waals surface area (Å²) in [5, 5.41) is 2.06. The predicted molar refractivity (Wildman–Crippen MR) is 77.3 cm³/mol. The Morgan fingerprint density at radius 2 is 1.45 bits per heavy atom. The van der Waals surface area contributed by atoms with E-state index < -0.39 is 14.1 Å². The number of fused-ring (bicyclic) bond motifs is 3. The Labute approximate surface area is 115 Å². The quantitative estimate of drug-likeness (QED) is 0.725. The molecule has 0 radical (unpaired) electrons. The first kappa shape index (κ1) is 13.3. The van der Waals surface area contributed by atoms with Gasteiger partial charge in [-0.05, 0) is 19.1 Å². The fourth-order valence-corrected chi connectivity index (χ4v) is 3.08. The number of nitrogens with zero attached hydrogens (tertiary/aromatic N) is 1. The third-order valence-corrected chi connectivity index (χ3v) is 3.85. The van der Waals surface area contributed by atoms with Crippen LogP contribution in [-0.2, 0) is 9.09 Å². The molecule has 2 aromatic carbocycles. The molecule has 0 aliphatic carbocycles. The highest BCUT2D eigenvalue weighted by Gasteiger charge is 2.22. The summed E-state index contributed by atoms with van der Waals surface area (Å²) >= 11 is 0. The van der Waals surface area contributed by atoms with E-state index in [0.717, 1.165) is 21.8 Å². The molecule has 1 atom stereocenters. The van der Waals surface area contributed by atoms with Crippen molar-refractivity contribution in [1.29, 1.82) is 0 Å². The Morgan fingerprint density at radius 1 is 1.00 bits per heavy atom. The molecule has 20 heavy (non-hydrogen) atoms. The summed E-state index contributed by atoms with van der Waals surface area (Å²) in [6, 6.07) is 15.4. The maximum absolute atomic E-state index is 11.1. The van der Waals surface area contributed by atoms with Crippen molar-refractivity contribution in [3.63, 3.8) is 0 Å². The number of hydrogen-bond acceptors (Lipinski definition) is 2. The third-order valence-electron chi connectivity index (χ3n) is 3.27. The number of hydrogen-bond donors (Lipinski definition) is 2. The van der Waals surface area contributed by atoms with E-state index in [1.165, 1.54) is 0 Å². The van der Waals surface area contributed by atoms with Gasteiger partial charge >= 0.3 is 7.82 Å². The SMILES string of the molecule is CC(OP(=O)(O)O)n1c2ccccc2c2ccccc21. The van der Waals surface area contributed by atoms with Gasteiger partial charge in [0.25, 0.3) is 0 Å². The lowest BCUT2D eigenvalue weighted by molar-refractivity contribution is 0.104. The van der Waals surface area contributed by atoms with E-state index in [9.17, 15) is 4.57 Å². The second-order valence-electron chi connectivity index (χ2n) is 4.60. The fraction of sp³-hybridized carbons (Fsp3) is 0.143. The highest BCUT2D eigenvalue weighted by Crippen LogP contribution is 2.42. The Balaban J connectivity index is 2.29. The van der Waals surface area contributed by atoms with E-state index in [2.05, 4.69) is 0 Å². The summed E-state index contributed by atoms with van der Waals surface area (Å²) in [7, 11) is -4.54. The third kappa shape index (κ3) is 2.25. The molecule has 5 nitrogen and oxygen atoms in total. The molecule has 0 bridgehead atoms. The van der Waals surface area contributed by atoms with Crippen LogP contribution in [0.5, 0.6) is 0 Å². The van der Waals surface area contributed by atoms with E-state index in [4.69, 9.17) is 14.3 Å². The molecule has 6 heteroatoms. The van der Waals surface area contributed by atoms with E-state index in [1.807, 2.05) is 48.5 Å². The Hall–Kier alpha value is -1.65. The topological polar surface area (TPSA) is 71.7 Å². The van der Waals surface area contributed by atoms with Gasteiger partial charge in [-0.25, -0.2) is 4.57 Å². The lowest BCUT2D eigenvalue weighted by atomic mass is 10.2. The first-order valence-corrected chi connectivity index (χ1v) is 7.72. The second kappa shape index (κ2) is 4.72. The summed E-state index contributed by atoms with van der Waals surface area (Å²) in [5.74, 6) is 0. The maximum Gasteiger partial charge on any atom is 0.471 e.